The molecular weight excluding hydrogens is 576 g/mol. The normalized spacial score (nSPS) is 18.5. The lowest BCUT2D eigenvalue weighted by atomic mass is 9.86. The zero-order valence-corrected chi connectivity index (χ0v) is 26.0. The standard InChI is InChI=1S/C29H35FN8O2S2/c1-29(2)15-24-19(27(29)31-3)13-26(41-24)42(40)35-22-11-17(7-8-20(22)30)21-14-23(28(39)37(5)33-21)32-25-12-18(36(4)34-25)16-38-9-6-10-38/h7-8,11-14,27,31,35H,6,9-10,15-16H2,1-5H3,(H,32,34). The van der Waals surface area contributed by atoms with Crippen LogP contribution in [0.1, 0.15) is 42.4 Å². The van der Waals surface area contributed by atoms with E-state index in [-0.39, 0.29) is 22.7 Å². The molecule has 1 aromatic carbocycles. The first-order valence-electron chi connectivity index (χ1n) is 13.9. The van der Waals surface area contributed by atoms with E-state index in [2.05, 4.69) is 44.3 Å². The number of aryl methyl sites for hydroxylation is 2. The van der Waals surface area contributed by atoms with Gasteiger partial charge in [-0.25, -0.2) is 9.07 Å². The second kappa shape index (κ2) is 11.1. The number of benzene rings is 1. The summed E-state index contributed by atoms with van der Waals surface area (Å²) in [5.41, 5.74) is 3.38. The smallest absolute Gasteiger partial charge is 0.290 e. The molecule has 4 heterocycles. The Morgan fingerprint density at radius 3 is 2.62 bits per heavy atom. The molecule has 0 spiro atoms. The maximum atomic E-state index is 14.9. The van der Waals surface area contributed by atoms with Crippen molar-refractivity contribution < 1.29 is 8.94 Å². The van der Waals surface area contributed by atoms with Gasteiger partial charge in [0.05, 0.1) is 11.4 Å². The average Bonchev–Trinajstić information content (AvgIpc) is 3.54. The Morgan fingerprint density at radius 1 is 1.12 bits per heavy atom. The molecular formula is C29H35FN8O2S2. The van der Waals surface area contributed by atoms with Crippen molar-refractivity contribution in [2.45, 2.75) is 43.5 Å². The molecule has 0 saturated carbocycles. The second-order valence-electron chi connectivity index (χ2n) is 11.7. The molecule has 13 heteroatoms. The van der Waals surface area contributed by atoms with E-state index in [1.165, 1.54) is 33.4 Å². The van der Waals surface area contributed by atoms with Gasteiger partial charge in [-0.2, -0.15) is 14.9 Å². The molecule has 3 aromatic heterocycles. The number of hydrogen-bond donors (Lipinski definition) is 3. The number of anilines is 3. The fourth-order valence-corrected chi connectivity index (χ4v) is 8.34. The van der Waals surface area contributed by atoms with Crippen LogP contribution < -0.4 is 20.9 Å². The Kier molecular flexibility index (Phi) is 7.64. The summed E-state index contributed by atoms with van der Waals surface area (Å²) in [5, 5.41) is 15.4. The summed E-state index contributed by atoms with van der Waals surface area (Å²) in [7, 11) is 5.39. The van der Waals surface area contributed by atoms with Gasteiger partial charge in [-0.05, 0) is 68.2 Å². The highest BCUT2D eigenvalue weighted by Gasteiger charge is 2.41. The summed E-state index contributed by atoms with van der Waals surface area (Å²) >= 11 is -0.150. The fraction of sp³-hybridized carbons (Fsp3) is 0.414. The van der Waals surface area contributed by atoms with Crippen LogP contribution in [0.15, 0.2) is 45.4 Å². The summed E-state index contributed by atoms with van der Waals surface area (Å²) in [6, 6.07) is 10.2. The van der Waals surface area contributed by atoms with Crippen molar-refractivity contribution in [3.8, 4) is 11.3 Å². The Bertz CT molecular complexity index is 1690. The van der Waals surface area contributed by atoms with Gasteiger partial charge in [0.15, 0.2) is 11.6 Å². The predicted molar refractivity (Wildman–Crippen MR) is 165 cm³/mol. The SMILES string of the molecule is CNC1c2cc([S+]([O-])Nc3cc(-c4cc(Nc5cc(CN6CCC6)n(C)n5)c(=O)n(C)n4)ccc3F)sc2CC1(C)C. The summed E-state index contributed by atoms with van der Waals surface area (Å²) in [6.07, 6.45) is 2.10. The molecule has 0 bridgehead atoms. The van der Waals surface area contributed by atoms with Crippen LogP contribution in [0, 0.1) is 11.2 Å². The van der Waals surface area contributed by atoms with Gasteiger partial charge in [0.2, 0.25) is 4.21 Å². The van der Waals surface area contributed by atoms with Crippen LogP contribution in [0.4, 0.5) is 21.6 Å². The van der Waals surface area contributed by atoms with Gasteiger partial charge < -0.3 is 15.2 Å². The summed E-state index contributed by atoms with van der Waals surface area (Å²) in [4.78, 5) is 16.5. The maximum Gasteiger partial charge on any atom is 0.290 e. The van der Waals surface area contributed by atoms with Gasteiger partial charge in [0.25, 0.3) is 5.56 Å². The first-order chi connectivity index (χ1) is 20.0. The van der Waals surface area contributed by atoms with Crippen molar-refractivity contribution in [3.63, 3.8) is 0 Å². The molecule has 2 unspecified atom stereocenters. The fourth-order valence-electron chi connectivity index (χ4n) is 5.75. The topological polar surface area (TPSA) is 115 Å². The van der Waals surface area contributed by atoms with Crippen molar-refractivity contribution in [1.82, 2.24) is 29.8 Å². The third-order valence-electron chi connectivity index (χ3n) is 8.10. The van der Waals surface area contributed by atoms with E-state index in [1.54, 1.807) is 25.2 Å². The van der Waals surface area contributed by atoms with Gasteiger partial charge in [-0.15, -0.1) is 0 Å². The van der Waals surface area contributed by atoms with Crippen LogP contribution in [0.5, 0.6) is 0 Å². The number of likely N-dealkylation sites (tertiary alicyclic amines) is 1. The highest BCUT2D eigenvalue weighted by atomic mass is 32.2. The highest BCUT2D eigenvalue weighted by molar-refractivity contribution is 7.94. The summed E-state index contributed by atoms with van der Waals surface area (Å²) < 4.78 is 34.8. The van der Waals surface area contributed by atoms with Crippen LogP contribution >= 0.6 is 11.3 Å². The lowest BCUT2D eigenvalue weighted by Crippen LogP contribution is -2.36. The van der Waals surface area contributed by atoms with Crippen molar-refractivity contribution in [2.24, 2.45) is 19.5 Å². The quantitative estimate of drug-likeness (QED) is 0.240. The first-order valence-corrected chi connectivity index (χ1v) is 15.9. The van der Waals surface area contributed by atoms with Gasteiger partial charge in [0.1, 0.15) is 22.7 Å². The summed E-state index contributed by atoms with van der Waals surface area (Å²) in [6.45, 7) is 7.39. The molecule has 222 valence electrons. The van der Waals surface area contributed by atoms with E-state index in [9.17, 15) is 13.7 Å². The number of fused-ring (bicyclic) bond motifs is 1. The molecule has 42 heavy (non-hydrogen) atoms. The average molecular weight is 611 g/mol. The molecule has 10 nitrogen and oxygen atoms in total. The molecule has 1 aliphatic carbocycles. The van der Waals surface area contributed by atoms with Crippen molar-refractivity contribution in [2.75, 3.05) is 30.2 Å². The molecule has 2 aliphatic rings. The van der Waals surface area contributed by atoms with Crippen molar-refractivity contribution in [1.29, 1.82) is 0 Å². The minimum absolute atomic E-state index is 0.0767. The minimum atomic E-state index is -1.65. The second-order valence-corrected chi connectivity index (χ2v) is 14.2. The van der Waals surface area contributed by atoms with Crippen molar-refractivity contribution in [3.05, 3.63) is 68.7 Å². The van der Waals surface area contributed by atoms with Crippen LogP contribution in [0.3, 0.4) is 0 Å². The molecule has 0 radical (unpaired) electrons. The van der Waals surface area contributed by atoms with E-state index in [0.717, 1.165) is 37.3 Å². The predicted octanol–water partition coefficient (Wildman–Crippen LogP) is 4.31. The minimum Gasteiger partial charge on any atom is -0.587 e. The lowest BCUT2D eigenvalue weighted by Gasteiger charge is -2.30. The van der Waals surface area contributed by atoms with E-state index < -0.39 is 17.2 Å². The van der Waals surface area contributed by atoms with Gasteiger partial charge >= 0.3 is 0 Å². The maximum absolute atomic E-state index is 14.9. The highest BCUT2D eigenvalue weighted by Crippen LogP contribution is 2.49. The van der Waals surface area contributed by atoms with Crippen LogP contribution in [-0.4, -0.2) is 49.2 Å². The molecule has 4 aromatic rings. The van der Waals surface area contributed by atoms with Crippen LogP contribution in [-0.2, 0) is 38.4 Å². The number of halogens is 1. The number of rotatable bonds is 9. The molecule has 1 fully saturated rings. The summed E-state index contributed by atoms with van der Waals surface area (Å²) in [5.74, 6) is 0.0303. The van der Waals surface area contributed by atoms with E-state index in [0.29, 0.717) is 27.0 Å². The monoisotopic (exact) mass is 610 g/mol. The number of hydrogen-bond acceptors (Lipinski definition) is 9. The van der Waals surface area contributed by atoms with Gasteiger partial charge in [-0.1, -0.05) is 25.2 Å². The van der Waals surface area contributed by atoms with E-state index in [1.807, 2.05) is 30.9 Å². The Hall–Kier alpha value is -3.23. The third kappa shape index (κ3) is 5.47. The van der Waals surface area contributed by atoms with E-state index in [4.69, 9.17) is 0 Å². The van der Waals surface area contributed by atoms with Crippen molar-refractivity contribution >= 4 is 39.9 Å². The lowest BCUT2D eigenvalue weighted by molar-refractivity contribution is 0.168. The molecule has 2 atom stereocenters. The molecule has 6 rings (SSSR count). The van der Waals surface area contributed by atoms with E-state index >= 15 is 0 Å². The van der Waals surface area contributed by atoms with Gasteiger partial charge in [-0.3, -0.25) is 14.4 Å². The molecule has 0 amide bonds. The van der Waals surface area contributed by atoms with Crippen LogP contribution in [0.25, 0.3) is 11.3 Å². The molecule has 1 saturated heterocycles. The molecule has 1 aliphatic heterocycles. The first kappa shape index (κ1) is 28.9. The number of aromatic nitrogens is 4. The number of thiophene rings is 1. The Morgan fingerprint density at radius 2 is 1.90 bits per heavy atom. The third-order valence-corrected chi connectivity index (χ3v) is 10.6. The number of nitrogens with zero attached hydrogens (tertiary/aromatic N) is 5. The van der Waals surface area contributed by atoms with Crippen LogP contribution in [0.2, 0.25) is 0 Å². The molecule has 3 N–H and O–H groups in total. The van der Waals surface area contributed by atoms with Gasteiger partial charge in [0, 0.05) is 49.3 Å². The number of nitrogens with one attached hydrogen (secondary N) is 3. The Labute approximate surface area is 251 Å². The Balaban J connectivity index is 1.23. The largest absolute Gasteiger partial charge is 0.587 e. The zero-order chi connectivity index (χ0) is 29.8. The zero-order valence-electron chi connectivity index (χ0n) is 24.3.